The Balaban J connectivity index is 1.96. The Morgan fingerprint density at radius 3 is 3.06 bits per heavy atom. The highest BCUT2D eigenvalue weighted by Gasteiger charge is 2.23. The molecule has 0 radical (unpaired) electrons. The maximum absolute atomic E-state index is 11.9. The van der Waals surface area contributed by atoms with Crippen LogP contribution >= 0.6 is 11.6 Å². The summed E-state index contributed by atoms with van der Waals surface area (Å²) in [5.41, 5.74) is 1.03. The summed E-state index contributed by atoms with van der Waals surface area (Å²) < 4.78 is 0. The highest BCUT2D eigenvalue weighted by Crippen LogP contribution is 2.17. The van der Waals surface area contributed by atoms with E-state index in [2.05, 4.69) is 10.6 Å². The highest BCUT2D eigenvalue weighted by atomic mass is 35.5. The molecule has 1 aromatic rings. The molecule has 92 valence electrons. The Hall–Kier alpha value is -1.06. The van der Waals surface area contributed by atoms with Gasteiger partial charge in [-0.1, -0.05) is 23.7 Å². The lowest BCUT2D eigenvalue weighted by molar-refractivity contribution is -0.123. The van der Waals surface area contributed by atoms with Crippen LogP contribution in [0.25, 0.3) is 0 Å². The van der Waals surface area contributed by atoms with E-state index in [1.165, 1.54) is 0 Å². The van der Waals surface area contributed by atoms with Crippen LogP contribution in [0.2, 0.25) is 5.02 Å². The zero-order valence-electron chi connectivity index (χ0n) is 9.87. The van der Waals surface area contributed by atoms with E-state index in [0.717, 1.165) is 24.9 Å². The van der Waals surface area contributed by atoms with Crippen LogP contribution in [0.5, 0.6) is 0 Å². The molecule has 1 aliphatic heterocycles. The van der Waals surface area contributed by atoms with Crippen molar-refractivity contribution < 1.29 is 4.79 Å². The lowest BCUT2D eigenvalue weighted by Crippen LogP contribution is -2.41. The molecule has 0 aromatic heterocycles. The number of nitrogens with one attached hydrogen (secondary N) is 2. The molecule has 2 N–H and O–H groups in total. The van der Waals surface area contributed by atoms with Gasteiger partial charge in [-0.15, -0.1) is 0 Å². The highest BCUT2D eigenvalue weighted by molar-refractivity contribution is 6.30. The zero-order chi connectivity index (χ0) is 12.3. The fourth-order valence-electron chi connectivity index (χ4n) is 2.08. The van der Waals surface area contributed by atoms with Crippen molar-refractivity contribution in [2.24, 2.45) is 0 Å². The van der Waals surface area contributed by atoms with Gasteiger partial charge in [-0.25, -0.2) is 0 Å². The van der Waals surface area contributed by atoms with E-state index in [9.17, 15) is 4.79 Å². The van der Waals surface area contributed by atoms with Crippen molar-refractivity contribution in [1.29, 1.82) is 0 Å². The first-order valence-electron chi connectivity index (χ1n) is 5.96. The van der Waals surface area contributed by atoms with Crippen molar-refractivity contribution in [3.05, 3.63) is 34.9 Å². The Bertz CT molecular complexity index is 402. The van der Waals surface area contributed by atoms with E-state index >= 15 is 0 Å². The summed E-state index contributed by atoms with van der Waals surface area (Å²) in [6.45, 7) is 2.90. The average molecular weight is 253 g/mol. The third-order valence-corrected chi connectivity index (χ3v) is 3.32. The number of carbonyl (C=O) groups is 1. The first-order valence-corrected chi connectivity index (χ1v) is 6.34. The molecule has 0 aliphatic carbocycles. The average Bonchev–Trinajstić information content (AvgIpc) is 2.82. The summed E-state index contributed by atoms with van der Waals surface area (Å²) in [6, 6.07) is 7.54. The van der Waals surface area contributed by atoms with E-state index in [1.807, 2.05) is 31.2 Å². The Morgan fingerprint density at radius 2 is 2.41 bits per heavy atom. The predicted molar refractivity (Wildman–Crippen MR) is 69.0 cm³/mol. The van der Waals surface area contributed by atoms with Gasteiger partial charge >= 0.3 is 0 Å². The molecule has 0 spiro atoms. The predicted octanol–water partition coefficient (Wildman–Crippen LogP) is 2.27. The van der Waals surface area contributed by atoms with Crippen molar-refractivity contribution in [3.63, 3.8) is 0 Å². The normalized spacial score (nSPS) is 21.2. The van der Waals surface area contributed by atoms with Gasteiger partial charge in [0.25, 0.3) is 0 Å². The molecule has 0 saturated carbocycles. The molecule has 1 heterocycles. The van der Waals surface area contributed by atoms with Crippen molar-refractivity contribution in [3.8, 4) is 0 Å². The standard InChI is InChI=1S/C13H17ClN2O/c1-9(10-4-2-5-11(14)8-10)16-13(17)12-6-3-7-15-12/h2,4-5,8-9,12,15H,3,6-7H2,1H3,(H,16,17)/t9?,12-/m1/s1. The lowest BCUT2D eigenvalue weighted by Gasteiger charge is -2.17. The second-order valence-corrected chi connectivity index (χ2v) is 4.87. The molecule has 17 heavy (non-hydrogen) atoms. The molecule has 1 amide bonds. The largest absolute Gasteiger partial charge is 0.348 e. The second kappa shape index (κ2) is 5.52. The molecular formula is C13H17ClN2O. The Kier molecular flexibility index (Phi) is 4.02. The van der Waals surface area contributed by atoms with Crippen molar-refractivity contribution in [1.82, 2.24) is 10.6 Å². The van der Waals surface area contributed by atoms with Crippen molar-refractivity contribution in [2.75, 3.05) is 6.54 Å². The second-order valence-electron chi connectivity index (χ2n) is 4.43. The number of rotatable bonds is 3. The maximum atomic E-state index is 11.9. The van der Waals surface area contributed by atoms with Gasteiger partial charge in [0.15, 0.2) is 0 Å². The minimum absolute atomic E-state index is 0.0106. The molecule has 0 bridgehead atoms. The molecule has 1 aromatic carbocycles. The zero-order valence-corrected chi connectivity index (χ0v) is 10.6. The van der Waals surface area contributed by atoms with Crippen LogP contribution in [0.3, 0.4) is 0 Å². The summed E-state index contributed by atoms with van der Waals surface area (Å²) >= 11 is 5.93. The third kappa shape index (κ3) is 3.20. The van der Waals surface area contributed by atoms with E-state index in [0.29, 0.717) is 5.02 Å². The topological polar surface area (TPSA) is 41.1 Å². The quantitative estimate of drug-likeness (QED) is 0.867. The number of hydrogen-bond donors (Lipinski definition) is 2. The van der Waals surface area contributed by atoms with Gasteiger partial charge in [0, 0.05) is 5.02 Å². The fourth-order valence-corrected chi connectivity index (χ4v) is 2.28. The number of hydrogen-bond acceptors (Lipinski definition) is 2. The van der Waals surface area contributed by atoms with E-state index in [4.69, 9.17) is 11.6 Å². The summed E-state index contributed by atoms with van der Waals surface area (Å²) in [5, 5.41) is 6.89. The van der Waals surface area contributed by atoms with Crippen LogP contribution < -0.4 is 10.6 Å². The van der Waals surface area contributed by atoms with Crippen LogP contribution in [0.1, 0.15) is 31.4 Å². The Labute approximate surface area is 107 Å². The van der Waals surface area contributed by atoms with Gasteiger partial charge in [-0.2, -0.15) is 0 Å². The van der Waals surface area contributed by atoms with Gasteiger partial charge in [0.05, 0.1) is 12.1 Å². The molecule has 2 rings (SSSR count). The van der Waals surface area contributed by atoms with Crippen LogP contribution in [0, 0.1) is 0 Å². The lowest BCUT2D eigenvalue weighted by atomic mass is 10.1. The first-order chi connectivity index (χ1) is 8.16. The van der Waals surface area contributed by atoms with Crippen molar-refractivity contribution in [2.45, 2.75) is 31.8 Å². The summed E-state index contributed by atoms with van der Waals surface area (Å²) in [6.07, 6.45) is 2.00. The van der Waals surface area contributed by atoms with Crippen LogP contribution in [-0.2, 0) is 4.79 Å². The van der Waals surface area contributed by atoms with Crippen LogP contribution in [-0.4, -0.2) is 18.5 Å². The maximum Gasteiger partial charge on any atom is 0.237 e. The third-order valence-electron chi connectivity index (χ3n) is 3.08. The van der Waals surface area contributed by atoms with Crippen LogP contribution in [0.15, 0.2) is 24.3 Å². The molecule has 1 unspecified atom stereocenters. The van der Waals surface area contributed by atoms with Gasteiger partial charge in [-0.3, -0.25) is 4.79 Å². The fraction of sp³-hybridized carbons (Fsp3) is 0.462. The van der Waals surface area contributed by atoms with Crippen LogP contribution in [0.4, 0.5) is 0 Å². The molecular weight excluding hydrogens is 236 g/mol. The summed E-state index contributed by atoms with van der Waals surface area (Å²) in [5.74, 6) is 0.0787. The SMILES string of the molecule is CC(NC(=O)[C@H]1CCCN1)c1cccc(Cl)c1. The number of amides is 1. The molecule has 1 saturated heterocycles. The molecule has 2 atom stereocenters. The van der Waals surface area contributed by atoms with E-state index in [-0.39, 0.29) is 18.0 Å². The smallest absolute Gasteiger partial charge is 0.237 e. The monoisotopic (exact) mass is 252 g/mol. The molecule has 3 nitrogen and oxygen atoms in total. The molecule has 1 aliphatic rings. The molecule has 4 heteroatoms. The van der Waals surface area contributed by atoms with Gasteiger partial charge in [0.1, 0.15) is 0 Å². The minimum atomic E-state index is -0.0309. The number of halogens is 1. The van der Waals surface area contributed by atoms with Gasteiger partial charge < -0.3 is 10.6 Å². The molecule has 1 fully saturated rings. The number of benzene rings is 1. The summed E-state index contributed by atoms with van der Waals surface area (Å²) in [4.78, 5) is 11.9. The number of carbonyl (C=O) groups excluding carboxylic acids is 1. The summed E-state index contributed by atoms with van der Waals surface area (Å²) in [7, 11) is 0. The first kappa shape index (κ1) is 12.4. The van der Waals surface area contributed by atoms with E-state index < -0.39 is 0 Å². The van der Waals surface area contributed by atoms with Gasteiger partial charge in [0.2, 0.25) is 5.91 Å². The van der Waals surface area contributed by atoms with E-state index in [1.54, 1.807) is 0 Å². The van der Waals surface area contributed by atoms with Crippen molar-refractivity contribution >= 4 is 17.5 Å². The Morgan fingerprint density at radius 1 is 1.59 bits per heavy atom. The van der Waals surface area contributed by atoms with Gasteiger partial charge in [-0.05, 0) is 44.0 Å². The minimum Gasteiger partial charge on any atom is -0.348 e.